The summed E-state index contributed by atoms with van der Waals surface area (Å²) in [5.74, 6) is -1.55. The molecular weight excluding hydrogens is 209 g/mol. The van der Waals surface area contributed by atoms with Gasteiger partial charge in [-0.3, -0.25) is 0 Å². The van der Waals surface area contributed by atoms with Crippen LogP contribution in [0.2, 0.25) is 0 Å². The van der Waals surface area contributed by atoms with E-state index in [2.05, 4.69) is 6.92 Å². The van der Waals surface area contributed by atoms with E-state index >= 15 is 0 Å². The van der Waals surface area contributed by atoms with Gasteiger partial charge in [0.15, 0.2) is 0 Å². The third-order valence-corrected chi connectivity index (χ3v) is 3.06. The number of hydrogen-bond acceptors (Lipinski definition) is 2. The van der Waals surface area contributed by atoms with Crippen LogP contribution in [0.15, 0.2) is 18.2 Å². The number of rotatable bonds is 2. The van der Waals surface area contributed by atoms with Gasteiger partial charge >= 0.3 is 5.97 Å². The van der Waals surface area contributed by atoms with E-state index in [1.165, 1.54) is 6.07 Å². The van der Waals surface area contributed by atoms with Crippen molar-refractivity contribution >= 4 is 11.7 Å². The molecule has 1 aliphatic heterocycles. The van der Waals surface area contributed by atoms with Crippen molar-refractivity contribution in [3.05, 3.63) is 29.6 Å². The first kappa shape index (κ1) is 10.9. The first-order chi connectivity index (χ1) is 7.59. The van der Waals surface area contributed by atoms with Crippen LogP contribution in [0.3, 0.4) is 0 Å². The Hall–Kier alpha value is -1.58. The zero-order valence-electron chi connectivity index (χ0n) is 9.11. The molecule has 86 valence electrons. The molecule has 1 heterocycles. The molecule has 0 aromatic heterocycles. The van der Waals surface area contributed by atoms with Gasteiger partial charge in [-0.2, -0.15) is 0 Å². The fourth-order valence-electron chi connectivity index (χ4n) is 2.16. The van der Waals surface area contributed by atoms with Gasteiger partial charge in [-0.05, 0) is 38.0 Å². The Kier molecular flexibility index (Phi) is 2.81. The summed E-state index contributed by atoms with van der Waals surface area (Å²) in [5.41, 5.74) is 0.503. The van der Waals surface area contributed by atoms with Gasteiger partial charge in [0.1, 0.15) is 5.82 Å². The summed E-state index contributed by atoms with van der Waals surface area (Å²) < 4.78 is 13.7. The average molecular weight is 223 g/mol. The molecular formula is C12H14FNO2. The fourth-order valence-corrected chi connectivity index (χ4v) is 2.16. The van der Waals surface area contributed by atoms with Gasteiger partial charge in [-0.15, -0.1) is 0 Å². The van der Waals surface area contributed by atoms with E-state index in [1.54, 1.807) is 6.07 Å². The van der Waals surface area contributed by atoms with E-state index in [0.717, 1.165) is 25.5 Å². The molecule has 0 radical (unpaired) electrons. The van der Waals surface area contributed by atoms with Crippen molar-refractivity contribution < 1.29 is 14.3 Å². The minimum absolute atomic E-state index is 0.00639. The number of benzene rings is 1. The summed E-state index contributed by atoms with van der Waals surface area (Å²) in [7, 11) is 0. The summed E-state index contributed by atoms with van der Waals surface area (Å²) in [6.45, 7) is 2.89. The molecule has 16 heavy (non-hydrogen) atoms. The van der Waals surface area contributed by atoms with Crippen LogP contribution in [-0.2, 0) is 0 Å². The molecule has 0 unspecified atom stereocenters. The van der Waals surface area contributed by atoms with Crippen LogP contribution >= 0.6 is 0 Å². The molecule has 0 spiro atoms. The highest BCUT2D eigenvalue weighted by atomic mass is 19.1. The molecule has 1 aromatic carbocycles. The molecule has 3 nitrogen and oxygen atoms in total. The Morgan fingerprint density at radius 2 is 2.31 bits per heavy atom. The summed E-state index contributed by atoms with van der Waals surface area (Å²) in [6.07, 6.45) is 2.11. The Morgan fingerprint density at radius 1 is 1.56 bits per heavy atom. The number of carboxylic acid groups (broad SMARTS) is 1. The maximum Gasteiger partial charge on any atom is 0.335 e. The van der Waals surface area contributed by atoms with Crippen molar-refractivity contribution in [3.8, 4) is 0 Å². The molecule has 2 rings (SSSR count). The number of anilines is 1. The maximum atomic E-state index is 13.7. The van der Waals surface area contributed by atoms with Gasteiger partial charge < -0.3 is 10.0 Å². The number of nitrogens with zero attached hydrogens (tertiary/aromatic N) is 1. The zero-order chi connectivity index (χ0) is 11.7. The second-order valence-corrected chi connectivity index (χ2v) is 4.16. The highest BCUT2D eigenvalue weighted by molar-refractivity contribution is 5.88. The summed E-state index contributed by atoms with van der Waals surface area (Å²) in [6, 6.07) is 4.42. The number of hydrogen-bond donors (Lipinski definition) is 1. The van der Waals surface area contributed by atoms with E-state index in [9.17, 15) is 9.18 Å². The normalized spacial score (nSPS) is 20.1. The summed E-state index contributed by atoms with van der Waals surface area (Å²) in [5, 5.41) is 8.74. The molecule has 1 N–H and O–H groups in total. The number of carboxylic acids is 1. The topological polar surface area (TPSA) is 40.5 Å². The SMILES string of the molecule is C[C@H]1CCCN1c1ccc(C(=O)O)cc1F. The van der Waals surface area contributed by atoms with Gasteiger partial charge in [0.2, 0.25) is 0 Å². The van der Waals surface area contributed by atoms with Crippen molar-refractivity contribution in [2.75, 3.05) is 11.4 Å². The van der Waals surface area contributed by atoms with Crippen LogP contribution in [-0.4, -0.2) is 23.7 Å². The van der Waals surface area contributed by atoms with Crippen molar-refractivity contribution in [1.82, 2.24) is 0 Å². The van der Waals surface area contributed by atoms with Gasteiger partial charge in [-0.25, -0.2) is 9.18 Å². The monoisotopic (exact) mass is 223 g/mol. The smallest absolute Gasteiger partial charge is 0.335 e. The second-order valence-electron chi connectivity index (χ2n) is 4.16. The first-order valence-corrected chi connectivity index (χ1v) is 5.39. The molecule has 0 saturated carbocycles. The van der Waals surface area contributed by atoms with Gasteiger partial charge in [-0.1, -0.05) is 0 Å². The van der Waals surface area contributed by atoms with Crippen molar-refractivity contribution in [1.29, 1.82) is 0 Å². The van der Waals surface area contributed by atoms with E-state index in [1.807, 2.05) is 4.90 Å². The lowest BCUT2D eigenvalue weighted by atomic mass is 10.1. The van der Waals surface area contributed by atoms with Crippen LogP contribution in [0, 0.1) is 5.82 Å². The third kappa shape index (κ3) is 1.87. The lowest BCUT2D eigenvalue weighted by molar-refractivity contribution is 0.0696. The Balaban J connectivity index is 2.32. The predicted molar refractivity (Wildman–Crippen MR) is 59.4 cm³/mol. The van der Waals surface area contributed by atoms with Crippen molar-refractivity contribution in [2.24, 2.45) is 0 Å². The average Bonchev–Trinajstić information content (AvgIpc) is 2.64. The van der Waals surface area contributed by atoms with Crippen LogP contribution in [0.4, 0.5) is 10.1 Å². The minimum Gasteiger partial charge on any atom is -0.478 e. The highest BCUT2D eigenvalue weighted by Gasteiger charge is 2.23. The van der Waals surface area contributed by atoms with Crippen LogP contribution < -0.4 is 4.90 Å². The standard InChI is InChI=1S/C12H14FNO2/c1-8-3-2-6-14(8)11-5-4-9(12(15)16)7-10(11)13/h4-5,7-8H,2-3,6H2,1H3,(H,15,16)/t8-/m0/s1. The van der Waals surface area contributed by atoms with Crippen LogP contribution in [0.1, 0.15) is 30.1 Å². The third-order valence-electron chi connectivity index (χ3n) is 3.06. The largest absolute Gasteiger partial charge is 0.478 e. The molecule has 1 aliphatic rings. The Bertz CT molecular complexity index is 419. The number of aromatic carboxylic acids is 1. The quantitative estimate of drug-likeness (QED) is 0.837. The van der Waals surface area contributed by atoms with Gasteiger partial charge in [0, 0.05) is 12.6 Å². The molecule has 0 amide bonds. The van der Waals surface area contributed by atoms with E-state index in [0.29, 0.717) is 11.7 Å². The zero-order valence-corrected chi connectivity index (χ0v) is 9.11. The molecule has 1 aromatic rings. The molecule has 0 bridgehead atoms. The molecule has 1 atom stereocenters. The predicted octanol–water partition coefficient (Wildman–Crippen LogP) is 2.51. The Morgan fingerprint density at radius 3 is 2.81 bits per heavy atom. The molecule has 1 fully saturated rings. The lowest BCUT2D eigenvalue weighted by Gasteiger charge is -2.24. The number of carbonyl (C=O) groups is 1. The lowest BCUT2D eigenvalue weighted by Crippen LogP contribution is -2.27. The molecule has 1 saturated heterocycles. The van der Waals surface area contributed by atoms with Crippen LogP contribution in [0.5, 0.6) is 0 Å². The minimum atomic E-state index is -1.10. The van der Waals surface area contributed by atoms with E-state index in [4.69, 9.17) is 5.11 Å². The van der Waals surface area contributed by atoms with Gasteiger partial charge in [0.25, 0.3) is 0 Å². The highest BCUT2D eigenvalue weighted by Crippen LogP contribution is 2.28. The second kappa shape index (κ2) is 4.12. The van der Waals surface area contributed by atoms with Crippen LogP contribution in [0.25, 0.3) is 0 Å². The van der Waals surface area contributed by atoms with E-state index < -0.39 is 11.8 Å². The Labute approximate surface area is 93.5 Å². The van der Waals surface area contributed by atoms with Crippen molar-refractivity contribution in [3.63, 3.8) is 0 Å². The maximum absolute atomic E-state index is 13.7. The molecule has 0 aliphatic carbocycles. The van der Waals surface area contributed by atoms with Crippen molar-refractivity contribution in [2.45, 2.75) is 25.8 Å². The summed E-state index contributed by atoms with van der Waals surface area (Å²) >= 11 is 0. The number of halogens is 1. The fraction of sp³-hybridized carbons (Fsp3) is 0.417. The first-order valence-electron chi connectivity index (χ1n) is 5.39. The summed E-state index contributed by atoms with van der Waals surface area (Å²) in [4.78, 5) is 12.7. The van der Waals surface area contributed by atoms with E-state index in [-0.39, 0.29) is 5.56 Å². The van der Waals surface area contributed by atoms with Gasteiger partial charge in [0.05, 0.1) is 11.3 Å². The molecule has 4 heteroatoms.